The van der Waals surface area contributed by atoms with Crippen molar-refractivity contribution in [1.29, 1.82) is 0 Å². The number of rotatable bonds is 0. The third-order valence-corrected chi connectivity index (χ3v) is 4.29. The summed E-state index contributed by atoms with van der Waals surface area (Å²) >= 11 is 0. The highest BCUT2D eigenvalue weighted by molar-refractivity contribution is 6.03. The summed E-state index contributed by atoms with van der Waals surface area (Å²) in [4.78, 5) is 25.6. The van der Waals surface area contributed by atoms with E-state index < -0.39 is 5.66 Å². The van der Waals surface area contributed by atoms with Gasteiger partial charge in [-0.1, -0.05) is 12.1 Å². The predicted octanol–water partition coefficient (Wildman–Crippen LogP) is 1.49. The number of hydrogen-bond acceptors (Lipinski definition) is 3. The fourth-order valence-electron chi connectivity index (χ4n) is 3.10. The van der Waals surface area contributed by atoms with Crippen LogP contribution in [0, 0.1) is 6.92 Å². The van der Waals surface area contributed by atoms with Crippen molar-refractivity contribution in [2.24, 2.45) is 0 Å². The Morgan fingerprint density at radius 2 is 1.95 bits per heavy atom. The summed E-state index contributed by atoms with van der Waals surface area (Å²) in [7, 11) is 0. The van der Waals surface area contributed by atoms with Crippen LogP contribution in [0.2, 0.25) is 0 Å². The number of carbonyl (C=O) groups excluding carboxylic acids is 2. The molecule has 1 spiro atoms. The van der Waals surface area contributed by atoms with Crippen molar-refractivity contribution in [3.8, 4) is 0 Å². The highest BCUT2D eigenvalue weighted by Crippen LogP contribution is 2.32. The summed E-state index contributed by atoms with van der Waals surface area (Å²) in [6, 6.07) is 5.84. The van der Waals surface area contributed by atoms with Gasteiger partial charge in [-0.05, 0) is 18.6 Å². The first-order valence-corrected chi connectivity index (χ1v) is 6.97. The van der Waals surface area contributed by atoms with Gasteiger partial charge < -0.3 is 15.5 Å². The minimum absolute atomic E-state index is 0.0203. The van der Waals surface area contributed by atoms with E-state index in [0.29, 0.717) is 13.1 Å². The van der Waals surface area contributed by atoms with Crippen LogP contribution >= 0.6 is 0 Å². The average molecular weight is 273 g/mol. The monoisotopic (exact) mass is 273 g/mol. The molecule has 0 unspecified atom stereocenters. The van der Waals surface area contributed by atoms with Crippen molar-refractivity contribution in [2.75, 3.05) is 18.4 Å². The number of likely N-dealkylation sites (tertiary alicyclic amines) is 1. The number of amides is 2. The lowest BCUT2D eigenvalue weighted by molar-refractivity contribution is -0.130. The lowest BCUT2D eigenvalue weighted by Gasteiger charge is -2.46. The van der Waals surface area contributed by atoms with Crippen molar-refractivity contribution in [2.45, 2.75) is 32.4 Å². The Kier molecular flexibility index (Phi) is 2.92. The number of hydrogen-bond donors (Lipinski definition) is 2. The molecule has 2 N–H and O–H groups in total. The van der Waals surface area contributed by atoms with Crippen LogP contribution in [0.1, 0.15) is 35.7 Å². The SMILES string of the molecule is CC(=O)N1CCC2(CC1)NC(=O)c1c(C)cccc1N2. The van der Waals surface area contributed by atoms with Gasteiger partial charge in [0.05, 0.1) is 5.56 Å². The summed E-state index contributed by atoms with van der Waals surface area (Å²) in [6.07, 6.45) is 1.46. The molecule has 2 heterocycles. The Hall–Kier alpha value is -2.04. The van der Waals surface area contributed by atoms with E-state index in [1.54, 1.807) is 6.92 Å². The molecule has 5 nitrogen and oxygen atoms in total. The molecule has 0 bridgehead atoms. The molecule has 5 heteroatoms. The molecule has 1 aromatic carbocycles. The molecule has 20 heavy (non-hydrogen) atoms. The highest BCUT2D eigenvalue weighted by Gasteiger charge is 2.40. The van der Waals surface area contributed by atoms with E-state index in [4.69, 9.17) is 0 Å². The Morgan fingerprint density at radius 3 is 2.60 bits per heavy atom. The maximum absolute atomic E-state index is 12.4. The van der Waals surface area contributed by atoms with Crippen LogP contribution in [0.3, 0.4) is 0 Å². The topological polar surface area (TPSA) is 61.4 Å². The van der Waals surface area contributed by atoms with Gasteiger partial charge in [0.15, 0.2) is 0 Å². The van der Waals surface area contributed by atoms with Crippen molar-refractivity contribution < 1.29 is 9.59 Å². The van der Waals surface area contributed by atoms with E-state index in [-0.39, 0.29) is 11.8 Å². The van der Waals surface area contributed by atoms with Gasteiger partial charge in [0, 0.05) is 38.5 Å². The van der Waals surface area contributed by atoms with Crippen molar-refractivity contribution in [3.05, 3.63) is 29.3 Å². The first-order valence-electron chi connectivity index (χ1n) is 6.97. The molecule has 2 aliphatic heterocycles. The molecule has 0 radical (unpaired) electrons. The van der Waals surface area contributed by atoms with Gasteiger partial charge in [-0.15, -0.1) is 0 Å². The standard InChI is InChI=1S/C15H19N3O2/c1-10-4-3-5-12-13(10)14(20)17-15(16-12)6-8-18(9-7-15)11(2)19/h3-5,16H,6-9H2,1-2H3,(H,17,20). The normalized spacial score (nSPS) is 20.1. The van der Waals surface area contributed by atoms with Crippen LogP contribution in [0.25, 0.3) is 0 Å². The molecule has 0 aliphatic carbocycles. The Bertz CT molecular complexity index is 574. The molecular weight excluding hydrogens is 254 g/mol. The number of aryl methyl sites for hydroxylation is 1. The van der Waals surface area contributed by atoms with Crippen molar-refractivity contribution in [3.63, 3.8) is 0 Å². The van der Waals surface area contributed by atoms with Crippen molar-refractivity contribution in [1.82, 2.24) is 10.2 Å². The van der Waals surface area contributed by atoms with Gasteiger partial charge in [-0.2, -0.15) is 0 Å². The maximum Gasteiger partial charge on any atom is 0.255 e. The zero-order valence-electron chi connectivity index (χ0n) is 11.8. The fraction of sp³-hybridized carbons (Fsp3) is 0.467. The van der Waals surface area contributed by atoms with Crippen LogP contribution in [0.15, 0.2) is 18.2 Å². The van der Waals surface area contributed by atoms with Crippen LogP contribution in [-0.2, 0) is 4.79 Å². The van der Waals surface area contributed by atoms with Gasteiger partial charge in [0.1, 0.15) is 5.66 Å². The van der Waals surface area contributed by atoms with Gasteiger partial charge >= 0.3 is 0 Å². The number of anilines is 1. The second kappa shape index (κ2) is 4.51. The summed E-state index contributed by atoms with van der Waals surface area (Å²) in [5, 5.41) is 6.57. The highest BCUT2D eigenvalue weighted by atomic mass is 16.2. The zero-order chi connectivity index (χ0) is 14.3. The molecule has 2 aliphatic rings. The minimum atomic E-state index is -0.413. The molecule has 0 atom stereocenters. The Morgan fingerprint density at radius 1 is 1.25 bits per heavy atom. The lowest BCUT2D eigenvalue weighted by atomic mass is 9.91. The molecule has 2 amide bonds. The second-order valence-corrected chi connectivity index (χ2v) is 5.66. The van der Waals surface area contributed by atoms with Gasteiger partial charge in [0.2, 0.25) is 5.91 Å². The smallest absolute Gasteiger partial charge is 0.255 e. The minimum Gasteiger partial charge on any atom is -0.362 e. The first-order chi connectivity index (χ1) is 9.51. The van der Waals surface area contributed by atoms with Crippen LogP contribution in [0.4, 0.5) is 5.69 Å². The Labute approximate surface area is 118 Å². The largest absolute Gasteiger partial charge is 0.362 e. The first kappa shape index (κ1) is 13.0. The molecule has 0 aromatic heterocycles. The average Bonchev–Trinajstić information content (AvgIpc) is 2.38. The number of piperidine rings is 1. The number of nitrogens with zero attached hydrogens (tertiary/aromatic N) is 1. The molecule has 1 saturated heterocycles. The lowest BCUT2D eigenvalue weighted by Crippen LogP contribution is -2.62. The third kappa shape index (κ3) is 2.03. The van der Waals surface area contributed by atoms with E-state index >= 15 is 0 Å². The summed E-state index contributed by atoms with van der Waals surface area (Å²) in [5.41, 5.74) is 2.18. The quantitative estimate of drug-likeness (QED) is 0.753. The fourth-order valence-corrected chi connectivity index (χ4v) is 3.10. The number of carbonyl (C=O) groups is 2. The van der Waals surface area contributed by atoms with E-state index in [0.717, 1.165) is 29.7 Å². The van der Waals surface area contributed by atoms with E-state index in [1.165, 1.54) is 0 Å². The molecular formula is C15H19N3O2. The van der Waals surface area contributed by atoms with E-state index in [1.807, 2.05) is 30.0 Å². The second-order valence-electron chi connectivity index (χ2n) is 5.66. The molecule has 106 valence electrons. The van der Waals surface area contributed by atoms with Crippen LogP contribution in [-0.4, -0.2) is 35.5 Å². The van der Waals surface area contributed by atoms with Crippen molar-refractivity contribution >= 4 is 17.5 Å². The van der Waals surface area contributed by atoms with E-state index in [9.17, 15) is 9.59 Å². The number of nitrogens with one attached hydrogen (secondary N) is 2. The molecule has 0 saturated carbocycles. The zero-order valence-corrected chi connectivity index (χ0v) is 11.8. The summed E-state index contributed by atoms with van der Waals surface area (Å²) in [5.74, 6) is 0.0753. The number of benzene rings is 1. The van der Waals surface area contributed by atoms with Gasteiger partial charge in [-0.3, -0.25) is 9.59 Å². The molecule has 1 aromatic rings. The van der Waals surface area contributed by atoms with Crippen LogP contribution in [0.5, 0.6) is 0 Å². The third-order valence-electron chi connectivity index (χ3n) is 4.29. The predicted molar refractivity (Wildman–Crippen MR) is 76.5 cm³/mol. The maximum atomic E-state index is 12.4. The summed E-state index contributed by atoms with van der Waals surface area (Å²) < 4.78 is 0. The van der Waals surface area contributed by atoms with Gasteiger partial charge in [0.25, 0.3) is 5.91 Å². The Balaban J connectivity index is 1.86. The number of fused-ring (bicyclic) bond motifs is 1. The van der Waals surface area contributed by atoms with Crippen LogP contribution < -0.4 is 10.6 Å². The van der Waals surface area contributed by atoms with Gasteiger partial charge in [-0.25, -0.2) is 0 Å². The van der Waals surface area contributed by atoms with E-state index in [2.05, 4.69) is 10.6 Å². The molecule has 3 rings (SSSR count). The molecule has 1 fully saturated rings. The summed E-state index contributed by atoms with van der Waals surface area (Å²) in [6.45, 7) is 4.87.